The number of rotatable bonds is 4. The van der Waals surface area contributed by atoms with E-state index in [-0.39, 0.29) is 18.1 Å². The molecule has 1 aromatic heterocycles. The van der Waals surface area contributed by atoms with Crippen LogP contribution in [-0.4, -0.2) is 15.7 Å². The topological polar surface area (TPSA) is 88.6 Å². The van der Waals surface area contributed by atoms with Crippen LogP contribution in [0.15, 0.2) is 65.3 Å². The number of benzene rings is 2. The molecule has 0 radical (unpaired) electrons. The van der Waals surface area contributed by atoms with E-state index in [0.29, 0.717) is 28.1 Å². The number of hydrogen-bond donors (Lipinski definition) is 1. The molecule has 3 aromatic rings. The van der Waals surface area contributed by atoms with Gasteiger partial charge in [0.15, 0.2) is 0 Å². The highest BCUT2D eigenvalue weighted by molar-refractivity contribution is 6.01. The third kappa shape index (κ3) is 3.03. The standard InChI is InChI=1S/C20H17N3O4/c1-13-8-9-14(11-18(13)23(25)26)19-21-17-7-3-2-6-16(17)20(24)22(19)12-15-5-4-10-27-15/h2-11,19,21H,12H2,1H3. The highest BCUT2D eigenvalue weighted by atomic mass is 16.6. The van der Waals surface area contributed by atoms with Crippen molar-refractivity contribution in [2.24, 2.45) is 0 Å². The summed E-state index contributed by atoms with van der Waals surface area (Å²) in [7, 11) is 0. The van der Waals surface area contributed by atoms with Gasteiger partial charge in [-0.15, -0.1) is 0 Å². The van der Waals surface area contributed by atoms with Crippen LogP contribution in [-0.2, 0) is 6.54 Å². The van der Waals surface area contributed by atoms with Gasteiger partial charge in [0.25, 0.3) is 11.6 Å². The number of anilines is 1. The van der Waals surface area contributed by atoms with Crippen LogP contribution in [0.5, 0.6) is 0 Å². The fourth-order valence-corrected chi connectivity index (χ4v) is 3.28. The van der Waals surface area contributed by atoms with Crippen molar-refractivity contribution in [3.8, 4) is 0 Å². The van der Waals surface area contributed by atoms with Crippen molar-refractivity contribution in [2.45, 2.75) is 19.6 Å². The molecule has 2 heterocycles. The molecule has 0 spiro atoms. The number of carbonyl (C=O) groups is 1. The fraction of sp³-hybridized carbons (Fsp3) is 0.150. The monoisotopic (exact) mass is 363 g/mol. The molecule has 7 nitrogen and oxygen atoms in total. The van der Waals surface area contributed by atoms with Gasteiger partial charge < -0.3 is 14.6 Å². The predicted octanol–water partition coefficient (Wildman–Crippen LogP) is 4.26. The maximum Gasteiger partial charge on any atom is 0.272 e. The number of carbonyl (C=O) groups excluding carboxylic acids is 1. The molecule has 0 bridgehead atoms. The molecule has 0 saturated heterocycles. The van der Waals surface area contributed by atoms with E-state index in [9.17, 15) is 14.9 Å². The lowest BCUT2D eigenvalue weighted by molar-refractivity contribution is -0.385. The van der Waals surface area contributed by atoms with E-state index < -0.39 is 11.1 Å². The maximum atomic E-state index is 13.1. The molecule has 1 amide bonds. The van der Waals surface area contributed by atoms with Crippen LogP contribution >= 0.6 is 0 Å². The zero-order valence-electron chi connectivity index (χ0n) is 14.6. The van der Waals surface area contributed by atoms with Crippen molar-refractivity contribution in [2.75, 3.05) is 5.32 Å². The number of nitro benzene ring substituents is 1. The van der Waals surface area contributed by atoms with Gasteiger partial charge in [0, 0.05) is 22.9 Å². The number of hydrogen-bond acceptors (Lipinski definition) is 5. The van der Waals surface area contributed by atoms with Crippen molar-refractivity contribution in [1.82, 2.24) is 4.90 Å². The molecule has 0 fully saturated rings. The molecular weight excluding hydrogens is 346 g/mol. The maximum absolute atomic E-state index is 13.1. The number of para-hydroxylation sites is 1. The first-order valence-electron chi connectivity index (χ1n) is 8.48. The van der Waals surface area contributed by atoms with Gasteiger partial charge in [-0.2, -0.15) is 0 Å². The summed E-state index contributed by atoms with van der Waals surface area (Å²) in [5.41, 5.74) is 2.50. The first kappa shape index (κ1) is 16.8. The fourth-order valence-electron chi connectivity index (χ4n) is 3.28. The van der Waals surface area contributed by atoms with Crippen LogP contribution in [0.3, 0.4) is 0 Å². The number of furan rings is 1. The Morgan fingerprint density at radius 2 is 2.00 bits per heavy atom. The molecular formula is C20H17N3O4. The molecule has 136 valence electrons. The highest BCUT2D eigenvalue weighted by Crippen LogP contribution is 2.35. The van der Waals surface area contributed by atoms with E-state index in [1.807, 2.05) is 12.1 Å². The van der Waals surface area contributed by atoms with E-state index in [1.54, 1.807) is 54.5 Å². The molecule has 1 unspecified atom stereocenters. The molecule has 27 heavy (non-hydrogen) atoms. The second-order valence-electron chi connectivity index (χ2n) is 6.41. The Labute approximate surface area is 155 Å². The zero-order chi connectivity index (χ0) is 19.0. The number of aryl methyl sites for hydroxylation is 1. The Morgan fingerprint density at radius 1 is 1.19 bits per heavy atom. The SMILES string of the molecule is Cc1ccc(C2Nc3ccccc3C(=O)N2Cc2ccco2)cc1[N+](=O)[O-]. The minimum absolute atomic E-state index is 0.0264. The Hall–Kier alpha value is -3.61. The summed E-state index contributed by atoms with van der Waals surface area (Å²) in [6, 6.07) is 15.8. The Bertz CT molecular complexity index is 1010. The van der Waals surface area contributed by atoms with Gasteiger partial charge in [0.05, 0.1) is 23.3 Å². The largest absolute Gasteiger partial charge is 0.467 e. The minimum atomic E-state index is -0.545. The van der Waals surface area contributed by atoms with Gasteiger partial charge in [-0.25, -0.2) is 0 Å². The predicted molar refractivity (Wildman–Crippen MR) is 99.2 cm³/mol. The van der Waals surface area contributed by atoms with Crippen molar-refractivity contribution >= 4 is 17.3 Å². The molecule has 1 aliphatic heterocycles. The normalized spacial score (nSPS) is 16.0. The van der Waals surface area contributed by atoms with Crippen molar-refractivity contribution in [3.63, 3.8) is 0 Å². The molecule has 4 rings (SSSR count). The molecule has 1 aliphatic rings. The second kappa shape index (κ2) is 6.60. The van der Waals surface area contributed by atoms with Crippen LogP contribution < -0.4 is 5.32 Å². The summed E-state index contributed by atoms with van der Waals surface area (Å²) in [4.78, 5) is 25.7. The summed E-state index contributed by atoms with van der Waals surface area (Å²) < 4.78 is 5.41. The average Bonchev–Trinajstić information content (AvgIpc) is 3.17. The number of nitro groups is 1. The summed E-state index contributed by atoms with van der Waals surface area (Å²) in [5, 5.41) is 14.7. The number of amides is 1. The molecule has 1 atom stereocenters. The first-order valence-corrected chi connectivity index (χ1v) is 8.48. The van der Waals surface area contributed by atoms with E-state index >= 15 is 0 Å². The van der Waals surface area contributed by atoms with Crippen LogP contribution in [0, 0.1) is 17.0 Å². The number of fused-ring (bicyclic) bond motifs is 1. The molecule has 0 aliphatic carbocycles. The summed E-state index contributed by atoms with van der Waals surface area (Å²) in [6.07, 6.45) is 1.01. The van der Waals surface area contributed by atoms with Gasteiger partial charge in [0.2, 0.25) is 0 Å². The Morgan fingerprint density at radius 3 is 2.74 bits per heavy atom. The molecule has 0 saturated carbocycles. The number of nitrogens with one attached hydrogen (secondary N) is 1. The van der Waals surface area contributed by atoms with E-state index in [2.05, 4.69) is 5.32 Å². The van der Waals surface area contributed by atoms with Gasteiger partial charge >= 0.3 is 0 Å². The van der Waals surface area contributed by atoms with E-state index in [4.69, 9.17) is 4.42 Å². The van der Waals surface area contributed by atoms with Crippen LogP contribution in [0.25, 0.3) is 0 Å². The van der Waals surface area contributed by atoms with Crippen LogP contribution in [0.4, 0.5) is 11.4 Å². The van der Waals surface area contributed by atoms with Gasteiger partial charge in [-0.1, -0.05) is 24.3 Å². The Kier molecular flexibility index (Phi) is 4.12. The lowest BCUT2D eigenvalue weighted by Crippen LogP contribution is -2.42. The average molecular weight is 363 g/mol. The lowest BCUT2D eigenvalue weighted by atomic mass is 10.0. The van der Waals surface area contributed by atoms with Gasteiger partial charge in [0.1, 0.15) is 11.9 Å². The first-order chi connectivity index (χ1) is 13.0. The third-order valence-corrected chi connectivity index (χ3v) is 4.67. The minimum Gasteiger partial charge on any atom is -0.467 e. The molecule has 1 N–H and O–H groups in total. The van der Waals surface area contributed by atoms with Crippen molar-refractivity contribution < 1.29 is 14.1 Å². The summed E-state index contributed by atoms with van der Waals surface area (Å²) in [5.74, 6) is 0.477. The quantitative estimate of drug-likeness (QED) is 0.552. The van der Waals surface area contributed by atoms with Crippen LogP contribution in [0.2, 0.25) is 0 Å². The van der Waals surface area contributed by atoms with Crippen molar-refractivity contribution in [3.05, 3.63) is 93.4 Å². The van der Waals surface area contributed by atoms with Gasteiger partial charge in [-0.3, -0.25) is 14.9 Å². The van der Waals surface area contributed by atoms with Crippen LogP contribution in [0.1, 0.15) is 33.4 Å². The van der Waals surface area contributed by atoms with E-state index in [0.717, 1.165) is 0 Å². The molecule has 7 heteroatoms. The highest BCUT2D eigenvalue weighted by Gasteiger charge is 2.34. The number of nitrogens with zero attached hydrogens (tertiary/aromatic N) is 2. The van der Waals surface area contributed by atoms with Crippen molar-refractivity contribution in [1.29, 1.82) is 0 Å². The summed E-state index contributed by atoms with van der Waals surface area (Å²) >= 11 is 0. The lowest BCUT2D eigenvalue weighted by Gasteiger charge is -2.37. The Balaban J connectivity index is 1.79. The second-order valence-corrected chi connectivity index (χ2v) is 6.41. The third-order valence-electron chi connectivity index (χ3n) is 4.67. The van der Waals surface area contributed by atoms with E-state index in [1.165, 1.54) is 6.07 Å². The molecule has 2 aromatic carbocycles. The zero-order valence-corrected chi connectivity index (χ0v) is 14.6. The van der Waals surface area contributed by atoms with Gasteiger partial charge in [-0.05, 0) is 31.2 Å². The summed E-state index contributed by atoms with van der Waals surface area (Å²) in [6.45, 7) is 1.94. The smallest absolute Gasteiger partial charge is 0.272 e.